The molecule has 27 heavy (non-hydrogen) atoms. The van der Waals surface area contributed by atoms with Crippen molar-refractivity contribution in [2.24, 2.45) is 0 Å². The first-order valence-electron chi connectivity index (χ1n) is 9.95. The van der Waals surface area contributed by atoms with Gasteiger partial charge in [-0.2, -0.15) is 0 Å². The monoisotopic (exact) mass is 366 g/mol. The van der Waals surface area contributed by atoms with Crippen LogP contribution in [0.3, 0.4) is 0 Å². The Balaban J connectivity index is 1.63. The number of aryl methyl sites for hydroxylation is 1. The van der Waals surface area contributed by atoms with E-state index in [1.807, 2.05) is 36.4 Å². The Morgan fingerprint density at radius 3 is 2.48 bits per heavy atom. The molecule has 0 aliphatic carbocycles. The normalized spacial score (nSPS) is 15.9. The van der Waals surface area contributed by atoms with Crippen molar-refractivity contribution in [3.8, 4) is 5.75 Å². The number of hydrogen-bond donors (Lipinski definition) is 1. The second-order valence-corrected chi connectivity index (χ2v) is 7.14. The van der Waals surface area contributed by atoms with E-state index >= 15 is 0 Å². The van der Waals surface area contributed by atoms with E-state index in [1.54, 1.807) is 7.11 Å². The number of hydrogen-bond acceptors (Lipinski definition) is 3. The Labute approximate surface area is 162 Å². The predicted octanol–water partition coefficient (Wildman–Crippen LogP) is 3.97. The number of carbonyl (C=O) groups is 1. The van der Waals surface area contributed by atoms with Crippen LogP contribution in [0.1, 0.15) is 42.9 Å². The van der Waals surface area contributed by atoms with Gasteiger partial charge in [-0.25, -0.2) is 0 Å². The minimum Gasteiger partial charge on any atom is -0.496 e. The van der Waals surface area contributed by atoms with Gasteiger partial charge in [-0.05, 0) is 44.0 Å². The third-order valence-electron chi connectivity index (χ3n) is 5.31. The molecule has 1 aliphatic rings. The lowest BCUT2D eigenvalue weighted by Gasteiger charge is -2.35. The molecule has 2 aromatic rings. The average molecular weight is 367 g/mol. The maximum Gasteiger partial charge on any atom is 0.220 e. The number of nitrogens with zero attached hydrogens (tertiary/aromatic N) is 1. The van der Waals surface area contributed by atoms with Crippen LogP contribution in [0, 0.1) is 0 Å². The van der Waals surface area contributed by atoms with Crippen LogP contribution < -0.4 is 10.1 Å². The van der Waals surface area contributed by atoms with Crippen molar-refractivity contribution in [3.05, 3.63) is 65.7 Å². The zero-order valence-electron chi connectivity index (χ0n) is 16.2. The fraction of sp³-hybridized carbons (Fsp3) is 0.435. The van der Waals surface area contributed by atoms with Gasteiger partial charge in [0.1, 0.15) is 5.75 Å². The topological polar surface area (TPSA) is 41.6 Å². The van der Waals surface area contributed by atoms with Crippen molar-refractivity contribution >= 4 is 5.91 Å². The lowest BCUT2D eigenvalue weighted by Crippen LogP contribution is -2.40. The standard InChI is InChI=1S/C23H30N2O2/c1-27-22-13-7-6-12-20(22)21(25-16-8-3-9-17-25)18-24-23(26)15-14-19-10-4-2-5-11-19/h2,4-7,10-13,21H,3,8-9,14-18H2,1H3,(H,24,26). The molecular formula is C23H30N2O2. The van der Waals surface area contributed by atoms with Crippen LogP contribution in [-0.4, -0.2) is 37.6 Å². The van der Waals surface area contributed by atoms with Gasteiger partial charge in [0.2, 0.25) is 5.91 Å². The number of ether oxygens (including phenoxy) is 1. The lowest BCUT2D eigenvalue weighted by molar-refractivity contribution is -0.121. The quantitative estimate of drug-likeness (QED) is 0.769. The van der Waals surface area contributed by atoms with E-state index in [1.165, 1.54) is 24.8 Å². The molecule has 3 rings (SSSR count). The first kappa shape index (κ1) is 19.4. The van der Waals surface area contributed by atoms with Crippen LogP contribution in [0.4, 0.5) is 0 Å². The molecule has 0 aromatic heterocycles. The van der Waals surface area contributed by atoms with Crippen LogP contribution in [0.15, 0.2) is 54.6 Å². The van der Waals surface area contributed by atoms with Gasteiger partial charge in [-0.3, -0.25) is 9.69 Å². The maximum absolute atomic E-state index is 12.4. The number of piperidine rings is 1. The van der Waals surface area contributed by atoms with E-state index in [0.29, 0.717) is 13.0 Å². The van der Waals surface area contributed by atoms with Gasteiger partial charge < -0.3 is 10.1 Å². The van der Waals surface area contributed by atoms with Gasteiger partial charge in [-0.15, -0.1) is 0 Å². The summed E-state index contributed by atoms with van der Waals surface area (Å²) in [7, 11) is 1.71. The van der Waals surface area contributed by atoms with Crippen LogP contribution in [0.2, 0.25) is 0 Å². The summed E-state index contributed by atoms with van der Waals surface area (Å²) in [5.41, 5.74) is 2.36. The summed E-state index contributed by atoms with van der Waals surface area (Å²) in [6, 6.07) is 18.5. The van der Waals surface area contributed by atoms with Crippen LogP contribution in [0.25, 0.3) is 0 Å². The highest BCUT2D eigenvalue weighted by atomic mass is 16.5. The highest BCUT2D eigenvalue weighted by Crippen LogP contribution is 2.30. The Hall–Kier alpha value is -2.33. The predicted molar refractivity (Wildman–Crippen MR) is 109 cm³/mol. The van der Waals surface area contributed by atoms with Crippen LogP contribution in [-0.2, 0) is 11.2 Å². The van der Waals surface area contributed by atoms with Gasteiger partial charge in [0.25, 0.3) is 0 Å². The number of nitrogens with one attached hydrogen (secondary N) is 1. The maximum atomic E-state index is 12.4. The molecule has 144 valence electrons. The fourth-order valence-corrected chi connectivity index (χ4v) is 3.81. The molecule has 1 aliphatic heterocycles. The number of amides is 1. The summed E-state index contributed by atoms with van der Waals surface area (Å²) < 4.78 is 5.59. The van der Waals surface area contributed by atoms with Crippen LogP contribution >= 0.6 is 0 Å². The van der Waals surface area contributed by atoms with Gasteiger partial charge >= 0.3 is 0 Å². The van der Waals surface area contributed by atoms with E-state index in [4.69, 9.17) is 4.74 Å². The Kier molecular flexibility index (Phi) is 7.28. The van der Waals surface area contributed by atoms with Crippen molar-refractivity contribution in [1.82, 2.24) is 10.2 Å². The molecule has 1 fully saturated rings. The Morgan fingerprint density at radius 2 is 1.74 bits per heavy atom. The molecule has 0 spiro atoms. The molecule has 1 amide bonds. The summed E-state index contributed by atoms with van der Waals surface area (Å²) >= 11 is 0. The van der Waals surface area contributed by atoms with E-state index in [9.17, 15) is 4.79 Å². The van der Waals surface area contributed by atoms with Gasteiger partial charge in [-0.1, -0.05) is 55.0 Å². The summed E-state index contributed by atoms with van der Waals surface area (Å²) in [6.07, 6.45) is 5.01. The molecule has 1 atom stereocenters. The van der Waals surface area contributed by atoms with Gasteiger partial charge in [0.15, 0.2) is 0 Å². The zero-order chi connectivity index (χ0) is 18.9. The summed E-state index contributed by atoms with van der Waals surface area (Å²) in [4.78, 5) is 14.9. The van der Waals surface area contributed by atoms with Crippen molar-refractivity contribution < 1.29 is 9.53 Å². The van der Waals surface area contributed by atoms with E-state index in [-0.39, 0.29) is 11.9 Å². The molecule has 1 unspecified atom stereocenters. The fourth-order valence-electron chi connectivity index (χ4n) is 3.81. The summed E-state index contributed by atoms with van der Waals surface area (Å²) in [5, 5.41) is 3.16. The second kappa shape index (κ2) is 10.1. The third kappa shape index (κ3) is 5.57. The number of benzene rings is 2. The van der Waals surface area contributed by atoms with Crippen LogP contribution in [0.5, 0.6) is 5.75 Å². The zero-order valence-corrected chi connectivity index (χ0v) is 16.2. The Bertz CT molecular complexity index is 711. The van der Waals surface area contributed by atoms with Crippen molar-refractivity contribution in [3.63, 3.8) is 0 Å². The number of carbonyl (C=O) groups excluding carboxylic acids is 1. The van der Waals surface area contributed by atoms with Crippen molar-refractivity contribution in [2.75, 3.05) is 26.7 Å². The molecule has 1 heterocycles. The number of para-hydroxylation sites is 1. The second-order valence-electron chi connectivity index (χ2n) is 7.14. The van der Waals surface area contributed by atoms with E-state index < -0.39 is 0 Å². The average Bonchev–Trinajstić information content (AvgIpc) is 2.74. The molecule has 4 nitrogen and oxygen atoms in total. The number of likely N-dealkylation sites (tertiary alicyclic amines) is 1. The molecular weight excluding hydrogens is 336 g/mol. The highest BCUT2D eigenvalue weighted by molar-refractivity contribution is 5.76. The first-order chi connectivity index (χ1) is 13.3. The Morgan fingerprint density at radius 1 is 1.04 bits per heavy atom. The van der Waals surface area contributed by atoms with Gasteiger partial charge in [0, 0.05) is 18.5 Å². The molecule has 1 saturated heterocycles. The van der Waals surface area contributed by atoms with E-state index in [2.05, 4.69) is 28.4 Å². The highest BCUT2D eigenvalue weighted by Gasteiger charge is 2.25. The molecule has 0 radical (unpaired) electrons. The molecule has 0 saturated carbocycles. The minimum atomic E-state index is 0.107. The molecule has 4 heteroatoms. The van der Waals surface area contributed by atoms with Crippen molar-refractivity contribution in [2.45, 2.75) is 38.1 Å². The van der Waals surface area contributed by atoms with Crippen molar-refractivity contribution in [1.29, 1.82) is 0 Å². The number of rotatable bonds is 8. The SMILES string of the molecule is COc1ccccc1C(CNC(=O)CCc1ccccc1)N1CCCCC1. The summed E-state index contributed by atoms with van der Waals surface area (Å²) in [6.45, 7) is 2.76. The molecule has 1 N–H and O–H groups in total. The minimum absolute atomic E-state index is 0.107. The smallest absolute Gasteiger partial charge is 0.220 e. The van der Waals surface area contributed by atoms with E-state index in [0.717, 1.165) is 30.8 Å². The summed E-state index contributed by atoms with van der Waals surface area (Å²) in [5.74, 6) is 1.00. The van der Waals surface area contributed by atoms with Gasteiger partial charge in [0.05, 0.1) is 13.2 Å². The molecule has 0 bridgehead atoms. The largest absolute Gasteiger partial charge is 0.496 e. The lowest BCUT2D eigenvalue weighted by atomic mass is 10.0. The first-order valence-corrected chi connectivity index (χ1v) is 9.95. The number of methoxy groups -OCH3 is 1. The third-order valence-corrected chi connectivity index (χ3v) is 5.31. The molecule has 2 aromatic carbocycles.